The molecule has 0 radical (unpaired) electrons. The second kappa shape index (κ2) is 9.13. The summed E-state index contributed by atoms with van der Waals surface area (Å²) in [6.07, 6.45) is 1.16. The molecule has 3 aromatic rings. The fourth-order valence-electron chi connectivity index (χ4n) is 3.65. The van der Waals surface area contributed by atoms with Gasteiger partial charge in [0.1, 0.15) is 11.9 Å². The summed E-state index contributed by atoms with van der Waals surface area (Å²) in [4.78, 5) is 27.6. The monoisotopic (exact) mass is 482 g/mol. The summed E-state index contributed by atoms with van der Waals surface area (Å²) in [5.74, 6) is -0.349. The van der Waals surface area contributed by atoms with Gasteiger partial charge in [0.05, 0.1) is 20.7 Å². The normalized spacial score (nSPS) is 16.7. The number of nitrogens with zero attached hydrogens (tertiary/aromatic N) is 3. The first-order chi connectivity index (χ1) is 15.8. The molecule has 1 fully saturated rings. The maximum atomic E-state index is 13.5. The summed E-state index contributed by atoms with van der Waals surface area (Å²) in [5.41, 5.74) is 3.00. The molecular weight excluding hydrogens is 463 g/mol. The number of carbonyl (C=O) groups excluding carboxylic acids is 1. The average Bonchev–Trinajstić information content (AvgIpc) is 3.10. The maximum Gasteiger partial charge on any atom is 0.276 e. The molecule has 1 amide bonds. The van der Waals surface area contributed by atoms with E-state index in [1.807, 2.05) is 73.6 Å². The number of amides is 1. The minimum atomic E-state index is -0.595. The van der Waals surface area contributed by atoms with Crippen molar-refractivity contribution in [2.75, 3.05) is 23.9 Å². The van der Waals surface area contributed by atoms with Gasteiger partial charge >= 0.3 is 0 Å². The number of halogens is 2. The summed E-state index contributed by atoms with van der Waals surface area (Å²) < 4.78 is 0. The summed E-state index contributed by atoms with van der Waals surface area (Å²) in [6, 6.07) is 19.5. The number of nitro benzene ring substituents is 1. The molecule has 0 aliphatic carbocycles. The second-order valence-electron chi connectivity index (χ2n) is 7.69. The van der Waals surface area contributed by atoms with E-state index in [4.69, 9.17) is 23.2 Å². The van der Waals surface area contributed by atoms with Crippen LogP contribution in [0, 0.1) is 10.1 Å². The fraction of sp³-hybridized carbons (Fsp3) is 0.125. The molecule has 1 N–H and O–H groups in total. The molecule has 1 saturated heterocycles. The highest BCUT2D eigenvalue weighted by Gasteiger charge is 2.39. The molecule has 4 rings (SSSR count). The highest BCUT2D eigenvalue weighted by molar-refractivity contribution is 6.40. The van der Waals surface area contributed by atoms with Crippen molar-refractivity contribution in [2.24, 2.45) is 0 Å². The van der Waals surface area contributed by atoms with E-state index in [9.17, 15) is 14.9 Å². The summed E-state index contributed by atoms with van der Waals surface area (Å²) >= 11 is 12.8. The Hall–Kier alpha value is -3.55. The Bertz CT molecular complexity index is 1220. The number of benzene rings is 3. The van der Waals surface area contributed by atoms with Crippen LogP contribution < -0.4 is 15.1 Å². The van der Waals surface area contributed by atoms with Crippen LogP contribution in [0.15, 0.2) is 72.4 Å². The molecule has 0 bridgehead atoms. The van der Waals surface area contributed by atoms with E-state index in [0.29, 0.717) is 5.70 Å². The van der Waals surface area contributed by atoms with Crippen molar-refractivity contribution < 1.29 is 9.72 Å². The minimum Gasteiger partial charge on any atom is -0.378 e. The van der Waals surface area contributed by atoms with Crippen LogP contribution in [-0.4, -0.2) is 24.9 Å². The van der Waals surface area contributed by atoms with Gasteiger partial charge in [0.25, 0.3) is 11.6 Å². The lowest BCUT2D eigenvalue weighted by molar-refractivity contribution is -0.384. The molecule has 1 heterocycles. The molecule has 3 aromatic carbocycles. The van der Waals surface area contributed by atoms with E-state index in [1.165, 1.54) is 17.0 Å². The van der Waals surface area contributed by atoms with Gasteiger partial charge in [-0.2, -0.15) is 0 Å². The summed E-state index contributed by atoms with van der Waals surface area (Å²) in [5, 5.41) is 14.5. The van der Waals surface area contributed by atoms with Crippen LogP contribution in [0.2, 0.25) is 10.0 Å². The van der Waals surface area contributed by atoms with Gasteiger partial charge in [0, 0.05) is 31.9 Å². The number of hydrogen-bond donors (Lipinski definition) is 1. The van der Waals surface area contributed by atoms with Crippen LogP contribution in [0.25, 0.3) is 6.08 Å². The van der Waals surface area contributed by atoms with Gasteiger partial charge in [-0.25, -0.2) is 0 Å². The zero-order chi connectivity index (χ0) is 23.7. The Balaban J connectivity index is 1.79. The van der Waals surface area contributed by atoms with Crippen molar-refractivity contribution in [3.63, 3.8) is 0 Å². The first-order valence-corrected chi connectivity index (χ1v) is 10.8. The zero-order valence-electron chi connectivity index (χ0n) is 17.8. The first-order valence-electron chi connectivity index (χ1n) is 10.0. The van der Waals surface area contributed by atoms with Gasteiger partial charge < -0.3 is 10.2 Å². The lowest BCUT2D eigenvalue weighted by Crippen LogP contribution is -2.30. The molecule has 1 aliphatic heterocycles. The lowest BCUT2D eigenvalue weighted by atomic mass is 10.1. The van der Waals surface area contributed by atoms with Gasteiger partial charge in [-0.3, -0.25) is 19.8 Å². The quantitative estimate of drug-likeness (QED) is 0.289. The SMILES string of the molecule is CN(C)c1ccc(C=C2NC(c3ccccc3)N(c3c(Cl)cc([N+](=O)[O-])cc3Cl)C2=O)cc1. The topological polar surface area (TPSA) is 78.7 Å². The molecule has 1 atom stereocenters. The predicted molar refractivity (Wildman–Crippen MR) is 132 cm³/mol. The minimum absolute atomic E-state index is 0.0156. The Morgan fingerprint density at radius 3 is 2.18 bits per heavy atom. The van der Waals surface area contributed by atoms with E-state index < -0.39 is 11.1 Å². The molecule has 7 nitrogen and oxygen atoms in total. The van der Waals surface area contributed by atoms with Crippen molar-refractivity contribution in [1.82, 2.24) is 5.32 Å². The standard InChI is InChI=1S/C24H20Cl2N4O3/c1-28(2)17-10-8-15(9-11-17)12-21-24(31)29(23(27-21)16-6-4-3-5-7-16)22-19(25)13-18(30(32)33)14-20(22)26/h3-14,23,27H,1-2H3. The van der Waals surface area contributed by atoms with E-state index in [0.717, 1.165) is 16.8 Å². The van der Waals surface area contributed by atoms with E-state index in [2.05, 4.69) is 5.32 Å². The number of carbonyl (C=O) groups is 1. The molecular formula is C24H20Cl2N4O3. The number of hydrogen-bond acceptors (Lipinski definition) is 5. The predicted octanol–water partition coefficient (Wildman–Crippen LogP) is 5.64. The fourth-order valence-corrected chi connectivity index (χ4v) is 4.30. The highest BCUT2D eigenvalue weighted by atomic mass is 35.5. The van der Waals surface area contributed by atoms with E-state index >= 15 is 0 Å². The van der Waals surface area contributed by atoms with Crippen molar-refractivity contribution in [3.05, 3.63) is 104 Å². The van der Waals surface area contributed by atoms with Crippen LogP contribution in [0.5, 0.6) is 0 Å². The van der Waals surface area contributed by atoms with E-state index in [-0.39, 0.29) is 27.3 Å². The maximum absolute atomic E-state index is 13.5. The molecule has 33 heavy (non-hydrogen) atoms. The molecule has 168 valence electrons. The van der Waals surface area contributed by atoms with Crippen molar-refractivity contribution >= 4 is 52.2 Å². The molecule has 0 saturated carbocycles. The molecule has 0 aromatic heterocycles. The Morgan fingerprint density at radius 1 is 1.03 bits per heavy atom. The second-order valence-corrected chi connectivity index (χ2v) is 8.51. The number of non-ortho nitro benzene ring substituents is 1. The average molecular weight is 483 g/mol. The van der Waals surface area contributed by atoms with Crippen molar-refractivity contribution in [3.8, 4) is 0 Å². The summed E-state index contributed by atoms with van der Waals surface area (Å²) in [6.45, 7) is 0. The zero-order valence-corrected chi connectivity index (χ0v) is 19.3. The van der Waals surface area contributed by atoms with Crippen molar-refractivity contribution in [2.45, 2.75) is 6.17 Å². The third kappa shape index (κ3) is 4.51. The van der Waals surface area contributed by atoms with Gasteiger partial charge in [-0.15, -0.1) is 0 Å². The Morgan fingerprint density at radius 2 is 1.64 bits per heavy atom. The molecule has 1 aliphatic rings. The largest absolute Gasteiger partial charge is 0.378 e. The van der Waals surface area contributed by atoms with Gasteiger partial charge in [0.2, 0.25) is 0 Å². The first kappa shape index (κ1) is 22.6. The number of anilines is 2. The van der Waals surface area contributed by atoms with Crippen molar-refractivity contribution in [1.29, 1.82) is 0 Å². The smallest absolute Gasteiger partial charge is 0.276 e. The van der Waals surface area contributed by atoms with Crippen LogP contribution in [-0.2, 0) is 4.79 Å². The van der Waals surface area contributed by atoms with Gasteiger partial charge in [-0.1, -0.05) is 65.7 Å². The lowest BCUT2D eigenvalue weighted by Gasteiger charge is -2.25. The van der Waals surface area contributed by atoms with Crippen LogP contribution in [0.1, 0.15) is 17.3 Å². The highest BCUT2D eigenvalue weighted by Crippen LogP contribution is 2.43. The summed E-state index contributed by atoms with van der Waals surface area (Å²) in [7, 11) is 3.91. The Kier molecular flexibility index (Phi) is 6.26. The number of nitrogens with one attached hydrogen (secondary N) is 1. The molecule has 0 spiro atoms. The van der Waals surface area contributed by atoms with Crippen LogP contribution >= 0.6 is 23.2 Å². The molecule has 1 unspecified atom stereocenters. The number of nitro groups is 1. The molecule has 9 heteroatoms. The number of rotatable bonds is 5. The van der Waals surface area contributed by atoms with Crippen LogP contribution in [0.4, 0.5) is 17.1 Å². The third-order valence-electron chi connectivity index (χ3n) is 5.29. The van der Waals surface area contributed by atoms with E-state index in [1.54, 1.807) is 6.08 Å². The van der Waals surface area contributed by atoms with Gasteiger partial charge in [-0.05, 0) is 29.3 Å². The Labute approximate surface area is 201 Å². The van der Waals surface area contributed by atoms with Crippen LogP contribution in [0.3, 0.4) is 0 Å². The van der Waals surface area contributed by atoms with Gasteiger partial charge in [0.15, 0.2) is 0 Å². The third-order valence-corrected chi connectivity index (χ3v) is 5.87.